The van der Waals surface area contributed by atoms with Crippen LogP contribution < -0.4 is 15.8 Å². The molecule has 0 aliphatic carbocycles. The second-order valence-corrected chi connectivity index (χ2v) is 4.39. The van der Waals surface area contributed by atoms with Gasteiger partial charge in [-0.05, 0) is 40.9 Å². The zero-order valence-electron chi connectivity index (χ0n) is 7.30. The lowest BCUT2D eigenvalue weighted by molar-refractivity contribution is 0.412. The number of methoxy groups -OCH3 is 1. The van der Waals surface area contributed by atoms with Crippen molar-refractivity contribution in [1.29, 1.82) is 0 Å². The van der Waals surface area contributed by atoms with Crippen molar-refractivity contribution >= 4 is 57.2 Å². The summed E-state index contributed by atoms with van der Waals surface area (Å²) in [5.74, 6) is 0.692. The third-order valence-electron chi connectivity index (χ3n) is 1.48. The van der Waals surface area contributed by atoms with Gasteiger partial charge < -0.3 is 15.8 Å². The van der Waals surface area contributed by atoms with Gasteiger partial charge >= 0.3 is 0 Å². The summed E-state index contributed by atoms with van der Waals surface area (Å²) >= 11 is 12.8. The molecule has 0 amide bonds. The molecule has 14 heavy (non-hydrogen) atoms. The van der Waals surface area contributed by atoms with Gasteiger partial charge in [-0.1, -0.05) is 11.6 Å². The molecule has 1 aromatic rings. The third-order valence-corrected chi connectivity index (χ3v) is 3.31. The first kappa shape index (κ1) is 11.8. The van der Waals surface area contributed by atoms with Gasteiger partial charge in [0.05, 0.1) is 15.7 Å². The minimum absolute atomic E-state index is 0.198. The monoisotopic (exact) mass is 342 g/mol. The predicted molar refractivity (Wildman–Crippen MR) is 71.1 cm³/mol. The Hall–Kier alpha value is -0.270. The molecule has 0 heterocycles. The van der Waals surface area contributed by atoms with Crippen molar-refractivity contribution in [3.05, 3.63) is 20.7 Å². The van der Waals surface area contributed by atoms with Crippen LogP contribution in [0.5, 0.6) is 5.75 Å². The summed E-state index contributed by atoms with van der Waals surface area (Å²) in [4.78, 5) is 0. The molecule has 0 bridgehead atoms. The number of ether oxygens (including phenoxy) is 1. The molecular weight excluding hydrogens is 335 g/mol. The molecule has 0 fully saturated rings. The zero-order chi connectivity index (χ0) is 10.7. The zero-order valence-corrected chi connectivity index (χ0v) is 11.0. The number of nitrogens with two attached hydrogens (primary N) is 1. The normalized spacial score (nSPS) is 9.64. The Balaban J connectivity index is 3.09. The number of rotatable bonds is 2. The number of benzene rings is 1. The molecule has 0 radical (unpaired) electrons. The third kappa shape index (κ3) is 2.86. The Bertz CT molecular complexity index is 373. The minimum atomic E-state index is 0.198. The molecular formula is C8H8ClIN2OS. The van der Waals surface area contributed by atoms with Crippen LogP contribution in [0.15, 0.2) is 12.1 Å². The first-order valence-corrected chi connectivity index (χ1v) is 5.50. The SMILES string of the molecule is COc1cc(NC(N)=S)cc(Cl)c1I. The molecule has 3 N–H and O–H groups in total. The van der Waals surface area contributed by atoms with Gasteiger partial charge in [-0.2, -0.15) is 0 Å². The highest BCUT2D eigenvalue weighted by Crippen LogP contribution is 2.31. The highest BCUT2D eigenvalue weighted by molar-refractivity contribution is 14.1. The largest absolute Gasteiger partial charge is 0.496 e. The van der Waals surface area contributed by atoms with Crippen LogP contribution in [-0.4, -0.2) is 12.2 Å². The second-order valence-electron chi connectivity index (χ2n) is 2.46. The first-order chi connectivity index (χ1) is 6.54. The standard InChI is InChI=1S/C8H8ClIN2OS/c1-13-6-3-4(12-8(11)14)2-5(9)7(6)10/h2-3H,1H3,(H3,11,12,14). The minimum Gasteiger partial charge on any atom is -0.496 e. The maximum atomic E-state index is 5.97. The van der Waals surface area contributed by atoms with Crippen molar-refractivity contribution in [1.82, 2.24) is 0 Å². The number of hydrogen-bond donors (Lipinski definition) is 2. The van der Waals surface area contributed by atoms with E-state index in [-0.39, 0.29) is 5.11 Å². The number of thiocarbonyl (C=S) groups is 1. The summed E-state index contributed by atoms with van der Waals surface area (Å²) in [6.07, 6.45) is 0. The smallest absolute Gasteiger partial charge is 0.168 e. The van der Waals surface area contributed by atoms with E-state index in [1.165, 1.54) is 0 Å². The van der Waals surface area contributed by atoms with Crippen molar-refractivity contribution in [3.8, 4) is 5.75 Å². The number of halogens is 2. The van der Waals surface area contributed by atoms with Crippen LogP contribution in [0.2, 0.25) is 5.02 Å². The molecule has 76 valence electrons. The lowest BCUT2D eigenvalue weighted by Crippen LogP contribution is -2.18. The van der Waals surface area contributed by atoms with Gasteiger partial charge in [0.2, 0.25) is 0 Å². The molecule has 0 saturated heterocycles. The van der Waals surface area contributed by atoms with Crippen molar-refractivity contribution in [2.24, 2.45) is 5.73 Å². The van der Waals surface area contributed by atoms with E-state index >= 15 is 0 Å². The Morgan fingerprint density at radius 2 is 2.29 bits per heavy atom. The van der Waals surface area contributed by atoms with E-state index in [1.807, 2.05) is 0 Å². The van der Waals surface area contributed by atoms with Crippen LogP contribution in [-0.2, 0) is 0 Å². The predicted octanol–water partition coefficient (Wildman–Crippen LogP) is 2.61. The van der Waals surface area contributed by atoms with Crippen molar-refractivity contribution in [3.63, 3.8) is 0 Å². The highest BCUT2D eigenvalue weighted by Gasteiger charge is 2.07. The summed E-state index contributed by atoms with van der Waals surface area (Å²) in [5.41, 5.74) is 6.06. The molecule has 0 atom stereocenters. The second kappa shape index (κ2) is 4.99. The van der Waals surface area contributed by atoms with Crippen LogP contribution >= 0.6 is 46.4 Å². The average molecular weight is 343 g/mol. The van der Waals surface area contributed by atoms with E-state index in [4.69, 9.17) is 34.3 Å². The summed E-state index contributed by atoms with van der Waals surface area (Å²) in [6.45, 7) is 0. The molecule has 0 aromatic heterocycles. The van der Waals surface area contributed by atoms with E-state index in [1.54, 1.807) is 19.2 Å². The summed E-state index contributed by atoms with van der Waals surface area (Å²) in [5, 5.41) is 3.59. The average Bonchev–Trinajstić information content (AvgIpc) is 2.10. The van der Waals surface area contributed by atoms with Crippen LogP contribution in [0.25, 0.3) is 0 Å². The summed E-state index contributed by atoms with van der Waals surface area (Å²) < 4.78 is 5.99. The molecule has 0 saturated carbocycles. The lowest BCUT2D eigenvalue weighted by atomic mass is 10.3. The van der Waals surface area contributed by atoms with Crippen LogP contribution in [0, 0.1) is 3.57 Å². The number of anilines is 1. The maximum absolute atomic E-state index is 5.97. The van der Waals surface area contributed by atoms with E-state index in [2.05, 4.69) is 27.9 Å². The summed E-state index contributed by atoms with van der Waals surface area (Å²) in [7, 11) is 1.58. The van der Waals surface area contributed by atoms with Gasteiger partial charge in [-0.15, -0.1) is 0 Å². The van der Waals surface area contributed by atoms with Gasteiger partial charge in [0.25, 0.3) is 0 Å². The Labute approximate surface area is 106 Å². The van der Waals surface area contributed by atoms with Crippen molar-refractivity contribution in [2.75, 3.05) is 12.4 Å². The van der Waals surface area contributed by atoms with Crippen molar-refractivity contribution < 1.29 is 4.74 Å². The molecule has 1 rings (SSSR count). The Morgan fingerprint density at radius 1 is 1.64 bits per heavy atom. The molecule has 0 aliphatic rings. The van der Waals surface area contributed by atoms with Gasteiger partial charge in [-0.25, -0.2) is 0 Å². The highest BCUT2D eigenvalue weighted by atomic mass is 127. The van der Waals surface area contributed by atoms with E-state index in [0.29, 0.717) is 10.8 Å². The molecule has 6 heteroatoms. The molecule has 0 spiro atoms. The van der Waals surface area contributed by atoms with Gasteiger partial charge in [-0.3, -0.25) is 0 Å². The topological polar surface area (TPSA) is 47.3 Å². The Morgan fingerprint density at radius 3 is 2.79 bits per heavy atom. The van der Waals surface area contributed by atoms with Gasteiger partial charge in [0.1, 0.15) is 5.75 Å². The first-order valence-electron chi connectivity index (χ1n) is 3.64. The molecule has 0 unspecified atom stereocenters. The fourth-order valence-electron chi connectivity index (χ4n) is 0.927. The number of hydrogen-bond acceptors (Lipinski definition) is 2. The van der Waals surface area contributed by atoms with E-state index < -0.39 is 0 Å². The van der Waals surface area contributed by atoms with Crippen LogP contribution in [0.3, 0.4) is 0 Å². The van der Waals surface area contributed by atoms with Crippen molar-refractivity contribution in [2.45, 2.75) is 0 Å². The lowest BCUT2D eigenvalue weighted by Gasteiger charge is -2.09. The van der Waals surface area contributed by atoms with Crippen LogP contribution in [0.1, 0.15) is 0 Å². The van der Waals surface area contributed by atoms with Gasteiger partial charge in [0.15, 0.2) is 5.11 Å². The maximum Gasteiger partial charge on any atom is 0.168 e. The molecule has 0 aliphatic heterocycles. The van der Waals surface area contributed by atoms with E-state index in [9.17, 15) is 0 Å². The quantitative estimate of drug-likeness (QED) is 0.641. The van der Waals surface area contributed by atoms with E-state index in [0.717, 1.165) is 9.26 Å². The molecule has 1 aromatic carbocycles. The number of nitrogens with one attached hydrogen (secondary N) is 1. The fraction of sp³-hybridized carbons (Fsp3) is 0.125. The van der Waals surface area contributed by atoms with Gasteiger partial charge in [0, 0.05) is 11.8 Å². The molecule has 3 nitrogen and oxygen atoms in total. The fourth-order valence-corrected chi connectivity index (χ4v) is 1.79. The van der Waals surface area contributed by atoms with Crippen LogP contribution in [0.4, 0.5) is 5.69 Å². The Kier molecular flexibility index (Phi) is 4.21. The summed E-state index contributed by atoms with van der Waals surface area (Å²) in [6, 6.07) is 3.53.